The third-order valence-electron chi connectivity index (χ3n) is 5.53. The molecule has 0 saturated heterocycles. The highest BCUT2D eigenvalue weighted by atomic mass is 79.9. The minimum atomic E-state index is -0.469. The van der Waals surface area contributed by atoms with E-state index in [0.29, 0.717) is 35.3 Å². The van der Waals surface area contributed by atoms with Crippen LogP contribution in [-0.4, -0.2) is 41.6 Å². The van der Waals surface area contributed by atoms with Crippen LogP contribution < -0.4 is 9.47 Å². The number of nitrogens with zero attached hydrogens (tertiary/aromatic N) is 3. The van der Waals surface area contributed by atoms with Crippen molar-refractivity contribution in [2.24, 2.45) is 5.10 Å². The molecule has 178 valence electrons. The van der Waals surface area contributed by atoms with Gasteiger partial charge in [0.15, 0.2) is 12.9 Å². The predicted molar refractivity (Wildman–Crippen MR) is 132 cm³/mol. The molecule has 0 radical (unpaired) electrons. The fourth-order valence-electron chi connectivity index (χ4n) is 3.72. The second-order valence-corrected chi connectivity index (χ2v) is 8.59. The Hall–Kier alpha value is -4.05. The summed E-state index contributed by atoms with van der Waals surface area (Å²) in [7, 11) is 1.57. The highest BCUT2D eigenvalue weighted by Crippen LogP contribution is 2.34. The molecule has 1 heterocycles. The molecule has 0 fully saturated rings. The van der Waals surface area contributed by atoms with Crippen LogP contribution in [0.1, 0.15) is 33.9 Å². The molecular formula is C25H20BrN3O6. The van der Waals surface area contributed by atoms with Gasteiger partial charge < -0.3 is 9.47 Å². The number of non-ortho nitro benzene ring substituents is 1. The molecule has 0 saturated carbocycles. The SMILES string of the molecule is COc1ccc(C2CC(c3ccc([N+](=O)[O-])cc3)=NN2C(=O)COc2ccc(Br)cc2C=O)cc1. The minimum Gasteiger partial charge on any atom is -0.497 e. The third-order valence-corrected chi connectivity index (χ3v) is 6.02. The first kappa shape index (κ1) is 24.1. The number of hydrazone groups is 1. The molecule has 10 heteroatoms. The van der Waals surface area contributed by atoms with Gasteiger partial charge >= 0.3 is 0 Å². The van der Waals surface area contributed by atoms with Crippen molar-refractivity contribution in [2.45, 2.75) is 12.5 Å². The summed E-state index contributed by atoms with van der Waals surface area (Å²) in [5, 5.41) is 16.9. The summed E-state index contributed by atoms with van der Waals surface area (Å²) in [5.74, 6) is 0.569. The standard InChI is InChI=1S/C25H20BrN3O6/c1-34-21-9-4-17(5-10-21)23-13-22(16-2-7-20(8-3-16)29(32)33)27-28(23)25(31)15-35-24-11-6-19(26)12-18(24)14-30/h2-12,14,23H,13,15H2,1H3. The summed E-state index contributed by atoms with van der Waals surface area (Å²) in [4.78, 5) is 35.1. The zero-order chi connectivity index (χ0) is 24.9. The molecule has 1 aliphatic heterocycles. The number of nitro groups is 1. The summed E-state index contributed by atoms with van der Waals surface area (Å²) < 4.78 is 11.6. The Labute approximate surface area is 209 Å². The Morgan fingerprint density at radius 2 is 1.89 bits per heavy atom. The first-order chi connectivity index (χ1) is 16.9. The number of nitro benzene ring substituents is 1. The number of carbonyl (C=O) groups excluding carboxylic acids is 2. The number of rotatable bonds is 8. The van der Waals surface area contributed by atoms with Gasteiger partial charge in [0.05, 0.1) is 29.4 Å². The summed E-state index contributed by atoms with van der Waals surface area (Å²) in [6, 6.07) is 17.9. The van der Waals surface area contributed by atoms with Crippen molar-refractivity contribution in [2.75, 3.05) is 13.7 Å². The van der Waals surface area contributed by atoms with Crippen molar-refractivity contribution in [1.82, 2.24) is 5.01 Å². The van der Waals surface area contributed by atoms with Crippen LogP contribution in [0.25, 0.3) is 0 Å². The number of methoxy groups -OCH3 is 1. The van der Waals surface area contributed by atoms with Crippen LogP contribution in [0.5, 0.6) is 11.5 Å². The van der Waals surface area contributed by atoms with E-state index in [2.05, 4.69) is 21.0 Å². The molecule has 0 N–H and O–H groups in total. The van der Waals surface area contributed by atoms with Gasteiger partial charge in [0.1, 0.15) is 11.5 Å². The van der Waals surface area contributed by atoms with Gasteiger partial charge in [-0.2, -0.15) is 5.10 Å². The molecular weight excluding hydrogens is 518 g/mol. The van der Waals surface area contributed by atoms with Gasteiger partial charge in [0, 0.05) is 23.0 Å². The fraction of sp³-hybridized carbons (Fsp3) is 0.160. The van der Waals surface area contributed by atoms with Gasteiger partial charge in [-0.25, -0.2) is 5.01 Å². The molecule has 4 rings (SSSR count). The number of hydrogen-bond donors (Lipinski definition) is 0. The second kappa shape index (κ2) is 10.5. The number of halogens is 1. The lowest BCUT2D eigenvalue weighted by Crippen LogP contribution is -2.31. The number of hydrogen-bond acceptors (Lipinski definition) is 7. The first-order valence-electron chi connectivity index (χ1n) is 10.6. The lowest BCUT2D eigenvalue weighted by atomic mass is 9.98. The molecule has 35 heavy (non-hydrogen) atoms. The summed E-state index contributed by atoms with van der Waals surface area (Å²) in [6.07, 6.45) is 1.07. The first-order valence-corrected chi connectivity index (χ1v) is 11.3. The smallest absolute Gasteiger partial charge is 0.281 e. The second-order valence-electron chi connectivity index (χ2n) is 7.67. The molecule has 1 amide bonds. The Balaban J connectivity index is 1.60. The van der Waals surface area contributed by atoms with Gasteiger partial charge in [-0.15, -0.1) is 0 Å². The molecule has 1 atom stereocenters. The van der Waals surface area contributed by atoms with Crippen LogP contribution in [0.4, 0.5) is 5.69 Å². The van der Waals surface area contributed by atoms with Crippen LogP contribution in [0, 0.1) is 10.1 Å². The maximum atomic E-state index is 13.2. The maximum Gasteiger partial charge on any atom is 0.281 e. The molecule has 0 aromatic heterocycles. The largest absolute Gasteiger partial charge is 0.497 e. The van der Waals surface area contributed by atoms with Crippen molar-refractivity contribution < 1.29 is 24.0 Å². The Morgan fingerprint density at radius 3 is 2.51 bits per heavy atom. The quantitative estimate of drug-likeness (QED) is 0.228. The van der Waals surface area contributed by atoms with Crippen LogP contribution in [0.15, 0.2) is 76.3 Å². The van der Waals surface area contributed by atoms with Crippen LogP contribution in [0.2, 0.25) is 0 Å². The van der Waals surface area contributed by atoms with Crippen LogP contribution >= 0.6 is 15.9 Å². The van der Waals surface area contributed by atoms with Gasteiger partial charge in [0.25, 0.3) is 11.6 Å². The van der Waals surface area contributed by atoms with Gasteiger partial charge in [-0.1, -0.05) is 28.1 Å². The summed E-state index contributed by atoms with van der Waals surface area (Å²) >= 11 is 3.30. The van der Waals surface area contributed by atoms with E-state index in [9.17, 15) is 19.7 Å². The van der Waals surface area contributed by atoms with Crippen molar-refractivity contribution in [3.05, 3.63) is 98.0 Å². The Bertz CT molecular complexity index is 1290. The van der Waals surface area contributed by atoms with E-state index in [1.165, 1.54) is 17.1 Å². The monoisotopic (exact) mass is 537 g/mol. The Morgan fingerprint density at radius 1 is 1.17 bits per heavy atom. The molecule has 3 aromatic rings. The van der Waals surface area contributed by atoms with Crippen molar-refractivity contribution in [3.8, 4) is 11.5 Å². The molecule has 9 nitrogen and oxygen atoms in total. The normalized spacial score (nSPS) is 14.9. The highest BCUT2D eigenvalue weighted by Gasteiger charge is 2.33. The van der Waals surface area contributed by atoms with E-state index < -0.39 is 16.9 Å². The van der Waals surface area contributed by atoms with Gasteiger partial charge in [0.2, 0.25) is 0 Å². The van der Waals surface area contributed by atoms with E-state index in [1.54, 1.807) is 49.6 Å². The van der Waals surface area contributed by atoms with Crippen LogP contribution in [0.3, 0.4) is 0 Å². The topological polar surface area (TPSA) is 111 Å². The maximum absolute atomic E-state index is 13.2. The van der Waals surface area contributed by atoms with Gasteiger partial charge in [-0.3, -0.25) is 19.7 Å². The number of benzene rings is 3. The fourth-order valence-corrected chi connectivity index (χ4v) is 4.10. The minimum absolute atomic E-state index is 0.0270. The highest BCUT2D eigenvalue weighted by molar-refractivity contribution is 9.10. The summed E-state index contributed by atoms with van der Waals surface area (Å²) in [6.45, 7) is -0.327. The lowest BCUT2D eigenvalue weighted by molar-refractivity contribution is -0.384. The predicted octanol–water partition coefficient (Wildman–Crippen LogP) is 4.94. The number of amides is 1. The van der Waals surface area contributed by atoms with Gasteiger partial charge in [-0.05, 0) is 53.6 Å². The number of ether oxygens (including phenoxy) is 2. The average molecular weight is 538 g/mol. The zero-order valence-corrected chi connectivity index (χ0v) is 20.2. The average Bonchev–Trinajstić information content (AvgIpc) is 3.33. The molecule has 0 bridgehead atoms. The zero-order valence-electron chi connectivity index (χ0n) is 18.6. The molecule has 1 unspecified atom stereocenters. The summed E-state index contributed by atoms with van der Waals surface area (Å²) in [5.41, 5.74) is 2.43. The molecule has 0 aliphatic carbocycles. The number of carbonyl (C=O) groups is 2. The van der Waals surface area contributed by atoms with E-state index in [-0.39, 0.29) is 18.0 Å². The molecule has 1 aliphatic rings. The Kier molecular flexibility index (Phi) is 7.21. The van der Waals surface area contributed by atoms with Crippen molar-refractivity contribution >= 4 is 39.5 Å². The van der Waals surface area contributed by atoms with E-state index in [0.717, 1.165) is 10.0 Å². The van der Waals surface area contributed by atoms with E-state index in [4.69, 9.17) is 9.47 Å². The van der Waals surface area contributed by atoms with Crippen molar-refractivity contribution in [1.29, 1.82) is 0 Å². The lowest BCUT2D eigenvalue weighted by Gasteiger charge is -2.22. The van der Waals surface area contributed by atoms with E-state index in [1.807, 2.05) is 12.1 Å². The van der Waals surface area contributed by atoms with Crippen LogP contribution in [-0.2, 0) is 4.79 Å². The molecule has 3 aromatic carbocycles. The van der Waals surface area contributed by atoms with E-state index >= 15 is 0 Å². The third kappa shape index (κ3) is 5.38. The molecule has 0 spiro atoms. The number of aldehydes is 1. The van der Waals surface area contributed by atoms with Crippen molar-refractivity contribution in [3.63, 3.8) is 0 Å².